The summed E-state index contributed by atoms with van der Waals surface area (Å²) in [6, 6.07) is 7.62. The first-order chi connectivity index (χ1) is 7.86. The number of anilines is 1. The van der Waals surface area contributed by atoms with E-state index in [1.807, 2.05) is 39.8 Å². The minimum Gasteiger partial charge on any atom is -0.388 e. The van der Waals surface area contributed by atoms with Gasteiger partial charge < -0.3 is 10.4 Å². The number of nitrogens with one attached hydrogen (secondary N) is 1. The molecule has 0 saturated heterocycles. The molecule has 0 aliphatic carbocycles. The van der Waals surface area contributed by atoms with Crippen molar-refractivity contribution < 1.29 is 5.11 Å². The Morgan fingerprint density at radius 3 is 2.65 bits per heavy atom. The quantitative estimate of drug-likeness (QED) is 0.839. The Bertz CT molecular complexity index is 430. The summed E-state index contributed by atoms with van der Waals surface area (Å²) in [7, 11) is 0. The number of benzene rings is 1. The van der Waals surface area contributed by atoms with Gasteiger partial charge in [-0.05, 0) is 37.5 Å². The van der Waals surface area contributed by atoms with Crippen molar-refractivity contribution in [2.75, 3.05) is 11.9 Å². The molecule has 0 aliphatic heterocycles. The molecule has 17 heavy (non-hydrogen) atoms. The Labute approximate surface area is 103 Å². The van der Waals surface area contributed by atoms with Crippen LogP contribution in [0.25, 0.3) is 0 Å². The van der Waals surface area contributed by atoms with E-state index in [4.69, 9.17) is 5.26 Å². The van der Waals surface area contributed by atoms with Crippen molar-refractivity contribution in [1.29, 1.82) is 5.26 Å². The fourth-order valence-electron chi connectivity index (χ4n) is 1.36. The van der Waals surface area contributed by atoms with E-state index in [0.29, 0.717) is 12.1 Å². The van der Waals surface area contributed by atoms with Crippen LogP contribution in [0.15, 0.2) is 18.2 Å². The Kier molecular flexibility index (Phi) is 4.14. The molecule has 3 heteroatoms. The smallest absolute Gasteiger partial charge is 0.0992 e. The molecule has 0 bridgehead atoms. The molecule has 0 amide bonds. The molecule has 3 nitrogen and oxygen atoms in total. The van der Waals surface area contributed by atoms with Gasteiger partial charge >= 0.3 is 0 Å². The van der Waals surface area contributed by atoms with E-state index in [0.717, 1.165) is 11.3 Å². The number of nitrogens with zero attached hydrogens (tertiary/aromatic N) is 1. The van der Waals surface area contributed by atoms with Crippen LogP contribution in [0.4, 0.5) is 5.69 Å². The van der Waals surface area contributed by atoms with Gasteiger partial charge in [-0.2, -0.15) is 5.26 Å². The van der Waals surface area contributed by atoms with Crippen LogP contribution in [-0.2, 0) is 0 Å². The standard InChI is InChI=1S/C14H20N2O/c1-10(2)14(4,17)9-16-13-7-12(8-15)6-5-11(13)3/h5-7,10,16-17H,9H2,1-4H3. The zero-order valence-electron chi connectivity index (χ0n) is 10.9. The van der Waals surface area contributed by atoms with E-state index >= 15 is 0 Å². The maximum absolute atomic E-state index is 10.1. The van der Waals surface area contributed by atoms with E-state index in [1.54, 1.807) is 6.07 Å². The summed E-state index contributed by atoms with van der Waals surface area (Å²) >= 11 is 0. The van der Waals surface area contributed by atoms with Crippen LogP contribution in [0.5, 0.6) is 0 Å². The Balaban J connectivity index is 2.79. The highest BCUT2D eigenvalue weighted by atomic mass is 16.3. The third kappa shape index (κ3) is 3.47. The summed E-state index contributed by atoms with van der Waals surface area (Å²) in [4.78, 5) is 0. The molecule has 1 unspecified atom stereocenters. The first-order valence-corrected chi connectivity index (χ1v) is 5.84. The Morgan fingerprint density at radius 1 is 1.47 bits per heavy atom. The summed E-state index contributed by atoms with van der Waals surface area (Å²) in [5, 5.41) is 22.2. The van der Waals surface area contributed by atoms with Crippen molar-refractivity contribution in [1.82, 2.24) is 0 Å². The second-order valence-corrected chi connectivity index (χ2v) is 5.01. The monoisotopic (exact) mass is 232 g/mol. The van der Waals surface area contributed by atoms with Crippen LogP contribution in [0.2, 0.25) is 0 Å². The highest BCUT2D eigenvalue weighted by molar-refractivity contribution is 5.55. The summed E-state index contributed by atoms with van der Waals surface area (Å²) < 4.78 is 0. The molecule has 0 heterocycles. The summed E-state index contributed by atoms with van der Waals surface area (Å²) in [6.45, 7) is 8.24. The van der Waals surface area contributed by atoms with Gasteiger partial charge in [0.05, 0.1) is 17.2 Å². The molecular weight excluding hydrogens is 212 g/mol. The SMILES string of the molecule is Cc1ccc(C#N)cc1NCC(C)(O)C(C)C. The van der Waals surface area contributed by atoms with Crippen molar-refractivity contribution in [2.24, 2.45) is 5.92 Å². The molecular formula is C14H20N2O. The number of rotatable bonds is 4. The predicted molar refractivity (Wildman–Crippen MR) is 69.8 cm³/mol. The topological polar surface area (TPSA) is 56.0 Å². The average Bonchev–Trinajstić information content (AvgIpc) is 2.28. The van der Waals surface area contributed by atoms with Crippen LogP contribution in [0, 0.1) is 24.2 Å². The van der Waals surface area contributed by atoms with E-state index in [-0.39, 0.29) is 5.92 Å². The molecule has 0 radical (unpaired) electrons. The van der Waals surface area contributed by atoms with Crippen molar-refractivity contribution in [3.05, 3.63) is 29.3 Å². The van der Waals surface area contributed by atoms with Crippen molar-refractivity contribution >= 4 is 5.69 Å². The second-order valence-electron chi connectivity index (χ2n) is 5.01. The maximum atomic E-state index is 10.1. The van der Waals surface area contributed by atoms with Crippen LogP contribution in [0.1, 0.15) is 31.9 Å². The lowest BCUT2D eigenvalue weighted by molar-refractivity contribution is 0.0266. The number of nitriles is 1. The molecule has 1 aromatic rings. The molecule has 0 fully saturated rings. The minimum absolute atomic E-state index is 0.175. The molecule has 1 aromatic carbocycles. The molecule has 92 valence electrons. The van der Waals surface area contributed by atoms with Crippen LogP contribution in [0.3, 0.4) is 0 Å². The van der Waals surface area contributed by atoms with Gasteiger partial charge in [-0.1, -0.05) is 19.9 Å². The van der Waals surface area contributed by atoms with E-state index < -0.39 is 5.60 Å². The van der Waals surface area contributed by atoms with Crippen LogP contribution >= 0.6 is 0 Å². The lowest BCUT2D eigenvalue weighted by Gasteiger charge is -2.28. The van der Waals surface area contributed by atoms with Gasteiger partial charge in [-0.25, -0.2) is 0 Å². The van der Waals surface area contributed by atoms with Gasteiger partial charge in [-0.3, -0.25) is 0 Å². The van der Waals surface area contributed by atoms with Crippen LogP contribution in [-0.4, -0.2) is 17.3 Å². The van der Waals surface area contributed by atoms with Crippen LogP contribution < -0.4 is 5.32 Å². The third-order valence-electron chi connectivity index (χ3n) is 3.25. The molecule has 0 spiro atoms. The van der Waals surface area contributed by atoms with Crippen molar-refractivity contribution in [2.45, 2.75) is 33.3 Å². The first kappa shape index (κ1) is 13.5. The van der Waals surface area contributed by atoms with E-state index in [1.165, 1.54) is 0 Å². The van der Waals surface area contributed by atoms with E-state index in [9.17, 15) is 5.11 Å². The van der Waals surface area contributed by atoms with Gasteiger partial charge in [0.25, 0.3) is 0 Å². The fraction of sp³-hybridized carbons (Fsp3) is 0.500. The first-order valence-electron chi connectivity index (χ1n) is 5.84. The third-order valence-corrected chi connectivity index (χ3v) is 3.25. The molecule has 0 aromatic heterocycles. The molecule has 1 rings (SSSR count). The molecule has 0 aliphatic rings. The highest BCUT2D eigenvalue weighted by Crippen LogP contribution is 2.20. The normalized spacial score (nSPS) is 14.2. The van der Waals surface area contributed by atoms with Crippen molar-refractivity contribution in [3.8, 4) is 6.07 Å². The number of hydrogen-bond acceptors (Lipinski definition) is 3. The maximum Gasteiger partial charge on any atom is 0.0992 e. The zero-order chi connectivity index (χ0) is 13.1. The average molecular weight is 232 g/mol. The van der Waals surface area contributed by atoms with Gasteiger partial charge in [-0.15, -0.1) is 0 Å². The fourth-order valence-corrected chi connectivity index (χ4v) is 1.36. The van der Waals surface area contributed by atoms with Crippen molar-refractivity contribution in [3.63, 3.8) is 0 Å². The summed E-state index contributed by atoms with van der Waals surface area (Å²) in [6.07, 6.45) is 0. The largest absolute Gasteiger partial charge is 0.388 e. The lowest BCUT2D eigenvalue weighted by atomic mass is 9.92. The highest BCUT2D eigenvalue weighted by Gasteiger charge is 2.24. The lowest BCUT2D eigenvalue weighted by Crippen LogP contribution is -2.38. The predicted octanol–water partition coefficient (Wildman–Crippen LogP) is 2.69. The molecule has 0 saturated carbocycles. The summed E-state index contributed by atoms with van der Waals surface area (Å²) in [5.74, 6) is 0.175. The van der Waals surface area contributed by atoms with Gasteiger partial charge in [0, 0.05) is 12.2 Å². The number of aliphatic hydroxyl groups is 1. The molecule has 1 atom stereocenters. The number of hydrogen-bond donors (Lipinski definition) is 2. The van der Waals surface area contributed by atoms with Gasteiger partial charge in [0.15, 0.2) is 0 Å². The molecule has 2 N–H and O–H groups in total. The van der Waals surface area contributed by atoms with E-state index in [2.05, 4.69) is 11.4 Å². The zero-order valence-corrected chi connectivity index (χ0v) is 10.9. The Hall–Kier alpha value is -1.53. The van der Waals surface area contributed by atoms with Gasteiger partial charge in [0.2, 0.25) is 0 Å². The second kappa shape index (κ2) is 5.20. The summed E-state index contributed by atoms with van der Waals surface area (Å²) in [5.41, 5.74) is 1.85. The van der Waals surface area contributed by atoms with Gasteiger partial charge in [0.1, 0.15) is 0 Å². The number of aryl methyl sites for hydroxylation is 1. The Morgan fingerprint density at radius 2 is 2.12 bits per heavy atom. The minimum atomic E-state index is -0.755.